The molecule has 0 spiro atoms. The Kier molecular flexibility index (Phi) is 7.35. The Balaban J connectivity index is 1.73. The highest BCUT2D eigenvalue weighted by molar-refractivity contribution is 9.09. The van der Waals surface area contributed by atoms with Crippen molar-refractivity contribution in [3.8, 4) is 0 Å². The second-order valence-corrected chi connectivity index (χ2v) is 8.29. The lowest BCUT2D eigenvalue weighted by atomic mass is 9.89. The highest BCUT2D eigenvalue weighted by Gasteiger charge is 2.38. The number of benzene rings is 2. The minimum Gasteiger partial charge on any atom is -0.377 e. The van der Waals surface area contributed by atoms with E-state index in [2.05, 4.69) is 15.9 Å². The molecule has 1 nitrogen and oxygen atoms in total. The molecule has 3 rings (SSSR count). The molecule has 0 heterocycles. The molecule has 1 aliphatic carbocycles. The van der Waals surface area contributed by atoms with Crippen LogP contribution in [0.3, 0.4) is 0 Å². The Morgan fingerprint density at radius 3 is 1.97 bits per heavy atom. The maximum Gasteiger partial charge on any atom is 0.416 e. The van der Waals surface area contributed by atoms with Gasteiger partial charge in [-0.3, -0.25) is 0 Å². The minimum atomic E-state index is -4.88. The smallest absolute Gasteiger partial charge is 0.377 e. The zero-order valence-electron chi connectivity index (χ0n) is 16.2. The topological polar surface area (TPSA) is 9.23 Å². The molecule has 1 aliphatic rings. The molecule has 0 bridgehead atoms. The van der Waals surface area contributed by atoms with Crippen LogP contribution in [0.25, 0.3) is 0 Å². The van der Waals surface area contributed by atoms with Crippen LogP contribution in [0, 0.1) is 11.7 Å². The van der Waals surface area contributed by atoms with E-state index in [0.29, 0.717) is 11.8 Å². The van der Waals surface area contributed by atoms with Gasteiger partial charge in [0.25, 0.3) is 0 Å². The van der Waals surface area contributed by atoms with Gasteiger partial charge in [0.2, 0.25) is 0 Å². The first-order valence-electron chi connectivity index (χ1n) is 9.70. The average molecular weight is 513 g/mol. The summed E-state index contributed by atoms with van der Waals surface area (Å²) in [5.74, 6) is -0.160. The first-order valence-corrected chi connectivity index (χ1v) is 10.8. The summed E-state index contributed by atoms with van der Waals surface area (Å²) in [5, 5.41) is 0.706. The van der Waals surface area contributed by atoms with Crippen molar-refractivity contribution in [3.05, 3.63) is 70.5 Å². The number of halogens is 8. The lowest BCUT2D eigenvalue weighted by molar-refractivity contribution is -0.143. The van der Waals surface area contributed by atoms with Crippen molar-refractivity contribution in [2.24, 2.45) is 5.92 Å². The maximum atomic E-state index is 13.3. The van der Waals surface area contributed by atoms with Crippen molar-refractivity contribution in [2.75, 3.05) is 11.9 Å². The number of rotatable bonds is 6. The van der Waals surface area contributed by atoms with Gasteiger partial charge in [-0.2, -0.15) is 26.3 Å². The first kappa shape index (κ1) is 24.0. The van der Waals surface area contributed by atoms with Gasteiger partial charge in [-0.25, -0.2) is 4.39 Å². The highest BCUT2D eigenvalue weighted by Crippen LogP contribution is 2.43. The molecule has 1 saturated carbocycles. The van der Waals surface area contributed by atoms with Crippen molar-refractivity contribution in [1.29, 1.82) is 0 Å². The van der Waals surface area contributed by atoms with Crippen LogP contribution < -0.4 is 0 Å². The maximum absolute atomic E-state index is 13.3. The van der Waals surface area contributed by atoms with Gasteiger partial charge in [-0.05, 0) is 66.6 Å². The number of hydrogen-bond acceptors (Lipinski definition) is 1. The lowest BCUT2D eigenvalue weighted by Gasteiger charge is -2.25. The van der Waals surface area contributed by atoms with E-state index in [-0.39, 0.29) is 48.4 Å². The van der Waals surface area contributed by atoms with Crippen molar-refractivity contribution in [3.63, 3.8) is 0 Å². The molecule has 170 valence electrons. The highest BCUT2D eigenvalue weighted by atomic mass is 79.9. The zero-order valence-corrected chi connectivity index (χ0v) is 17.8. The summed E-state index contributed by atoms with van der Waals surface area (Å²) in [6.07, 6.45) is -8.54. The van der Waals surface area contributed by atoms with Gasteiger partial charge < -0.3 is 4.74 Å². The standard InChI is InChI=1S/C22H20BrF7O/c23-12-15-3-6-19(20(15)14-1-4-18(24)5-2-14)31-8-7-13-9-16(21(25,26)27)11-17(10-13)22(28,29)30/h1-2,4-5,9-11,15,19-20H,3,6-8,12H2. The van der Waals surface area contributed by atoms with Gasteiger partial charge in [0.15, 0.2) is 0 Å². The summed E-state index contributed by atoms with van der Waals surface area (Å²) in [5.41, 5.74) is -1.86. The van der Waals surface area contributed by atoms with Gasteiger partial charge in [0, 0.05) is 11.2 Å². The van der Waals surface area contributed by atoms with Crippen molar-refractivity contribution in [1.82, 2.24) is 0 Å². The first-order chi connectivity index (χ1) is 14.5. The summed E-state index contributed by atoms with van der Waals surface area (Å²) >= 11 is 3.47. The fourth-order valence-electron chi connectivity index (χ4n) is 4.06. The van der Waals surface area contributed by atoms with Crippen LogP contribution in [0.5, 0.6) is 0 Å². The fourth-order valence-corrected chi connectivity index (χ4v) is 4.79. The predicted molar refractivity (Wildman–Crippen MR) is 106 cm³/mol. The van der Waals surface area contributed by atoms with E-state index in [9.17, 15) is 30.7 Å². The van der Waals surface area contributed by atoms with Crippen LogP contribution in [-0.2, 0) is 23.5 Å². The molecule has 0 N–H and O–H groups in total. The van der Waals surface area contributed by atoms with Gasteiger partial charge >= 0.3 is 12.4 Å². The molecule has 2 aromatic carbocycles. The third-order valence-corrected chi connectivity index (χ3v) is 6.39. The fraction of sp³-hybridized carbons (Fsp3) is 0.455. The largest absolute Gasteiger partial charge is 0.416 e. The minimum absolute atomic E-state index is 0.0179. The Hall–Kier alpha value is -1.61. The van der Waals surface area contributed by atoms with E-state index in [1.807, 2.05) is 0 Å². The lowest BCUT2D eigenvalue weighted by Crippen LogP contribution is -2.22. The number of ether oxygens (including phenoxy) is 1. The van der Waals surface area contributed by atoms with Crippen molar-refractivity contribution >= 4 is 15.9 Å². The molecular weight excluding hydrogens is 493 g/mol. The SMILES string of the molecule is Fc1ccc(C2C(CBr)CCC2OCCc2cc(C(F)(F)F)cc(C(F)(F)F)c2)cc1. The van der Waals surface area contributed by atoms with Crippen LogP contribution in [0.1, 0.15) is 41.0 Å². The molecule has 3 atom stereocenters. The molecule has 2 aromatic rings. The van der Waals surface area contributed by atoms with Gasteiger partial charge in [-0.15, -0.1) is 0 Å². The second kappa shape index (κ2) is 9.48. The second-order valence-electron chi connectivity index (χ2n) is 7.64. The van der Waals surface area contributed by atoms with Gasteiger partial charge in [0.05, 0.1) is 23.8 Å². The Morgan fingerprint density at radius 1 is 0.871 bits per heavy atom. The van der Waals surface area contributed by atoms with Crippen molar-refractivity contribution < 1.29 is 35.5 Å². The summed E-state index contributed by atoms with van der Waals surface area (Å²) in [7, 11) is 0. The van der Waals surface area contributed by atoms with E-state index in [1.165, 1.54) is 12.1 Å². The third kappa shape index (κ3) is 6.00. The monoisotopic (exact) mass is 512 g/mol. The van der Waals surface area contributed by atoms with Crippen LogP contribution in [0.2, 0.25) is 0 Å². The molecule has 31 heavy (non-hydrogen) atoms. The predicted octanol–water partition coefficient (Wildman–Crippen LogP) is 7.38. The Labute approximate surface area is 183 Å². The summed E-state index contributed by atoms with van der Waals surface area (Å²) < 4.78 is 97.3. The third-order valence-electron chi connectivity index (χ3n) is 5.55. The Morgan fingerprint density at radius 2 is 1.45 bits per heavy atom. The quantitative estimate of drug-likeness (QED) is 0.289. The molecule has 0 amide bonds. The Bertz CT molecular complexity index is 845. The molecular formula is C22H20BrF7O. The molecule has 0 aromatic heterocycles. The molecule has 9 heteroatoms. The molecule has 3 unspecified atom stereocenters. The summed E-state index contributed by atoms with van der Waals surface area (Å²) in [6, 6.07) is 7.65. The van der Waals surface area contributed by atoms with Gasteiger partial charge in [-0.1, -0.05) is 28.1 Å². The van der Waals surface area contributed by atoms with Crippen LogP contribution in [0.15, 0.2) is 42.5 Å². The van der Waals surface area contributed by atoms with E-state index in [1.54, 1.807) is 12.1 Å². The van der Waals surface area contributed by atoms with E-state index >= 15 is 0 Å². The zero-order chi connectivity index (χ0) is 22.8. The normalized spacial score (nSPS) is 22.1. The van der Waals surface area contributed by atoms with E-state index in [4.69, 9.17) is 4.74 Å². The van der Waals surface area contributed by atoms with Crippen LogP contribution in [0.4, 0.5) is 30.7 Å². The molecule has 1 fully saturated rings. The molecule has 0 radical (unpaired) electrons. The van der Waals surface area contributed by atoms with E-state index < -0.39 is 23.5 Å². The average Bonchev–Trinajstić information content (AvgIpc) is 3.10. The molecule has 0 aliphatic heterocycles. The van der Waals surface area contributed by atoms with Crippen molar-refractivity contribution in [2.45, 2.75) is 43.6 Å². The van der Waals surface area contributed by atoms with E-state index in [0.717, 1.165) is 24.1 Å². The number of hydrogen-bond donors (Lipinski definition) is 0. The van der Waals surface area contributed by atoms with Crippen LogP contribution >= 0.6 is 15.9 Å². The summed E-state index contributed by atoms with van der Waals surface area (Å²) in [6.45, 7) is -0.0179. The van der Waals surface area contributed by atoms with Crippen LogP contribution in [-0.4, -0.2) is 18.0 Å². The summed E-state index contributed by atoms with van der Waals surface area (Å²) in [4.78, 5) is 0. The number of alkyl halides is 7. The molecule has 0 saturated heterocycles. The van der Waals surface area contributed by atoms with Gasteiger partial charge in [0.1, 0.15) is 5.82 Å².